The van der Waals surface area contributed by atoms with Crippen molar-refractivity contribution in [2.45, 2.75) is 44.9 Å². The number of ether oxygens (including phenoxy) is 4. The van der Waals surface area contributed by atoms with Crippen LogP contribution in [0, 0.1) is 5.41 Å². The van der Waals surface area contributed by atoms with Crippen molar-refractivity contribution >= 4 is 34.8 Å². The van der Waals surface area contributed by atoms with E-state index in [0.717, 1.165) is 23.1 Å². The highest BCUT2D eigenvalue weighted by Crippen LogP contribution is 2.26. The third kappa shape index (κ3) is 10.5. The van der Waals surface area contributed by atoms with Crippen LogP contribution >= 0.6 is 11.8 Å². The van der Waals surface area contributed by atoms with Crippen molar-refractivity contribution in [1.29, 1.82) is 0 Å². The third-order valence-corrected chi connectivity index (χ3v) is 5.79. The number of unbranched alkanes of at least 4 members (excludes halogenated alkanes) is 1. The minimum absolute atomic E-state index is 0.0309. The zero-order valence-corrected chi connectivity index (χ0v) is 22.4. The third-order valence-electron chi connectivity index (χ3n) is 4.86. The fourth-order valence-corrected chi connectivity index (χ4v) is 3.44. The molecular weight excluding hydrogens is 496 g/mol. The molecule has 198 valence electrons. The highest BCUT2D eigenvalue weighted by atomic mass is 32.2. The van der Waals surface area contributed by atoms with Crippen LogP contribution in [-0.2, 0) is 23.9 Å². The lowest BCUT2D eigenvalue weighted by molar-refractivity contribution is -0.153. The Kier molecular flexibility index (Phi) is 11.4. The number of hydrogen-bond donors (Lipinski definition) is 0. The molecule has 0 aliphatic carbocycles. The first-order valence-corrected chi connectivity index (χ1v) is 12.5. The fourth-order valence-electron chi connectivity index (χ4n) is 2.70. The van der Waals surface area contributed by atoms with E-state index in [1.807, 2.05) is 20.8 Å². The van der Waals surface area contributed by atoms with E-state index < -0.39 is 17.4 Å². The monoisotopic (exact) mass is 528 g/mol. The van der Waals surface area contributed by atoms with E-state index in [1.165, 1.54) is 19.2 Å². The van der Waals surface area contributed by atoms with Crippen LogP contribution in [0.4, 0.5) is 0 Å². The minimum atomic E-state index is -0.745. The molecule has 2 rings (SSSR count). The summed E-state index contributed by atoms with van der Waals surface area (Å²) in [6.45, 7) is 9.83. The van der Waals surface area contributed by atoms with Crippen LogP contribution in [0.5, 0.6) is 11.5 Å². The van der Waals surface area contributed by atoms with E-state index in [2.05, 4.69) is 11.3 Å². The molecule has 0 aliphatic rings. The van der Waals surface area contributed by atoms with Crippen LogP contribution in [0.3, 0.4) is 0 Å². The summed E-state index contributed by atoms with van der Waals surface area (Å²) < 4.78 is 20.6. The van der Waals surface area contributed by atoms with Gasteiger partial charge in [0, 0.05) is 16.0 Å². The Balaban J connectivity index is 1.75. The Morgan fingerprint density at radius 2 is 1.46 bits per heavy atom. The van der Waals surface area contributed by atoms with Crippen LogP contribution in [-0.4, -0.2) is 43.3 Å². The number of hydrogen-bond acceptors (Lipinski definition) is 9. The summed E-state index contributed by atoms with van der Waals surface area (Å²) >= 11 is 1.06. The molecule has 9 heteroatoms. The molecular formula is C28H32O8S. The molecule has 0 saturated heterocycles. The molecule has 0 N–H and O–H groups in total. The van der Waals surface area contributed by atoms with Crippen LogP contribution in [0.25, 0.3) is 0 Å². The van der Waals surface area contributed by atoms with Gasteiger partial charge in [-0.1, -0.05) is 6.58 Å². The van der Waals surface area contributed by atoms with Crippen LogP contribution in [0.1, 0.15) is 50.4 Å². The Morgan fingerprint density at radius 1 is 0.865 bits per heavy atom. The number of carbonyl (C=O) groups is 4. The Hall–Kier alpha value is -3.59. The maximum Gasteiger partial charge on any atom is 0.339 e. The molecule has 0 atom stereocenters. The summed E-state index contributed by atoms with van der Waals surface area (Å²) in [4.78, 5) is 48.3. The molecule has 2 aromatic carbocycles. The maximum absolute atomic E-state index is 12.6. The van der Waals surface area contributed by atoms with Gasteiger partial charge in [-0.15, -0.1) is 0 Å². The summed E-state index contributed by atoms with van der Waals surface area (Å²) in [7, 11) is 1.22. The molecule has 0 spiro atoms. The summed E-state index contributed by atoms with van der Waals surface area (Å²) in [5.74, 6) is -0.635. The molecule has 0 bridgehead atoms. The average Bonchev–Trinajstić information content (AvgIpc) is 2.86. The van der Waals surface area contributed by atoms with Gasteiger partial charge in [-0.2, -0.15) is 0 Å². The first-order chi connectivity index (χ1) is 17.5. The van der Waals surface area contributed by atoms with Crippen molar-refractivity contribution in [1.82, 2.24) is 0 Å². The second-order valence-corrected chi connectivity index (χ2v) is 10.1. The van der Waals surface area contributed by atoms with Crippen LogP contribution < -0.4 is 9.47 Å². The summed E-state index contributed by atoms with van der Waals surface area (Å²) in [6.07, 6.45) is 1.20. The molecule has 0 radical (unpaired) electrons. The van der Waals surface area contributed by atoms with Crippen molar-refractivity contribution in [2.75, 3.05) is 20.3 Å². The fraction of sp³-hybridized carbons (Fsp3) is 0.357. The lowest BCUT2D eigenvalue weighted by Gasteiger charge is -2.16. The number of thioether (sulfide) groups is 1. The number of esters is 3. The van der Waals surface area contributed by atoms with Gasteiger partial charge in [0.25, 0.3) is 0 Å². The van der Waals surface area contributed by atoms with Gasteiger partial charge in [0.1, 0.15) is 11.5 Å². The lowest BCUT2D eigenvalue weighted by atomic mass is 9.97. The molecule has 0 fully saturated rings. The number of rotatable bonds is 12. The smallest absolute Gasteiger partial charge is 0.339 e. The average molecular weight is 529 g/mol. The van der Waals surface area contributed by atoms with Gasteiger partial charge >= 0.3 is 17.9 Å². The second-order valence-electron chi connectivity index (χ2n) is 9.07. The van der Waals surface area contributed by atoms with E-state index in [4.69, 9.17) is 14.2 Å². The molecule has 2 aromatic rings. The lowest BCUT2D eigenvalue weighted by Crippen LogP contribution is -2.23. The predicted octanol–water partition coefficient (Wildman–Crippen LogP) is 5.39. The van der Waals surface area contributed by atoms with E-state index in [9.17, 15) is 19.2 Å². The zero-order chi connectivity index (χ0) is 27.4. The topological polar surface area (TPSA) is 105 Å². The molecule has 0 heterocycles. The highest BCUT2D eigenvalue weighted by Gasteiger charge is 2.22. The molecule has 0 amide bonds. The van der Waals surface area contributed by atoms with E-state index in [1.54, 1.807) is 36.4 Å². The second kappa shape index (κ2) is 14.2. The van der Waals surface area contributed by atoms with Crippen LogP contribution in [0.2, 0.25) is 0 Å². The molecule has 0 unspecified atom stereocenters. The summed E-state index contributed by atoms with van der Waals surface area (Å²) in [5.41, 5.74) is -0.0955. The van der Waals surface area contributed by atoms with Gasteiger partial charge in [-0.05, 0) is 93.9 Å². The number of benzene rings is 2. The SMILES string of the molecule is C=C(CC(=O)OC)C(=O)Oc1ccc(C(=O)Sc2ccc(OCCCCOC(=O)C(C)(C)C)cc2)cc1. The van der Waals surface area contributed by atoms with Crippen LogP contribution in [0.15, 0.2) is 65.6 Å². The van der Waals surface area contributed by atoms with E-state index in [-0.39, 0.29) is 28.8 Å². The van der Waals surface area contributed by atoms with Gasteiger partial charge in [0.15, 0.2) is 0 Å². The normalized spacial score (nSPS) is 10.8. The summed E-state index contributed by atoms with van der Waals surface area (Å²) in [5, 5.41) is -0.175. The van der Waals surface area contributed by atoms with E-state index in [0.29, 0.717) is 30.9 Å². The van der Waals surface area contributed by atoms with Crippen molar-refractivity contribution in [3.05, 3.63) is 66.2 Å². The van der Waals surface area contributed by atoms with Gasteiger partial charge in [0.05, 0.1) is 32.2 Å². The predicted molar refractivity (Wildman–Crippen MR) is 140 cm³/mol. The van der Waals surface area contributed by atoms with Crippen molar-refractivity contribution in [3.63, 3.8) is 0 Å². The summed E-state index contributed by atoms with van der Waals surface area (Å²) in [6, 6.07) is 13.3. The van der Waals surface area contributed by atoms with Crippen molar-refractivity contribution in [2.24, 2.45) is 5.41 Å². The molecule has 0 aliphatic heterocycles. The van der Waals surface area contributed by atoms with Gasteiger partial charge < -0.3 is 18.9 Å². The number of carbonyl (C=O) groups excluding carboxylic acids is 4. The molecule has 0 aromatic heterocycles. The standard InChI is InChI=1S/C28H32O8S/c1-19(18-24(29)33-5)25(30)36-22-10-8-20(9-11-22)26(31)37-23-14-12-21(13-15-23)34-16-6-7-17-35-27(32)28(2,3)4/h8-15H,1,6-7,16-18H2,2-5H3. The van der Waals surface area contributed by atoms with E-state index >= 15 is 0 Å². The quantitative estimate of drug-likeness (QED) is 0.118. The molecule has 0 saturated carbocycles. The Bertz CT molecular complexity index is 1100. The van der Waals surface area contributed by atoms with Gasteiger partial charge in [-0.3, -0.25) is 14.4 Å². The van der Waals surface area contributed by atoms with Gasteiger partial charge in [0.2, 0.25) is 5.12 Å². The van der Waals surface area contributed by atoms with Crippen molar-refractivity contribution < 1.29 is 38.1 Å². The highest BCUT2D eigenvalue weighted by molar-refractivity contribution is 8.14. The van der Waals surface area contributed by atoms with Crippen molar-refractivity contribution in [3.8, 4) is 11.5 Å². The first-order valence-electron chi connectivity index (χ1n) is 11.7. The number of methoxy groups -OCH3 is 1. The minimum Gasteiger partial charge on any atom is -0.494 e. The molecule has 37 heavy (non-hydrogen) atoms. The Labute approximate surface area is 221 Å². The zero-order valence-electron chi connectivity index (χ0n) is 21.5. The maximum atomic E-state index is 12.6. The van der Waals surface area contributed by atoms with Gasteiger partial charge in [-0.25, -0.2) is 4.79 Å². The Morgan fingerprint density at radius 3 is 2.05 bits per heavy atom. The largest absolute Gasteiger partial charge is 0.494 e. The first kappa shape index (κ1) is 29.6. The molecule has 8 nitrogen and oxygen atoms in total.